The van der Waals surface area contributed by atoms with E-state index in [2.05, 4.69) is 19.2 Å². The molecule has 2 rings (SSSR count). The van der Waals surface area contributed by atoms with Crippen LogP contribution in [0.15, 0.2) is 30.3 Å². The minimum Gasteiger partial charge on any atom is -0.662 e. The summed E-state index contributed by atoms with van der Waals surface area (Å²) in [6.07, 6.45) is 2.39. The van der Waals surface area contributed by atoms with Crippen molar-refractivity contribution in [2.24, 2.45) is 5.92 Å². The third-order valence-corrected chi connectivity index (χ3v) is 3.81. The standard InChI is InChI=1S/C9H18NO.C7H8O.Y/c1-9(2,11-3)8-4-6-10-7-5-8;8-6-7-4-2-1-3-5-7;/h8H,4-7H2,1-3H3;1-5,8H,6H2;/q-1;;. The smallest absolute Gasteiger partial charge is 0.0681 e. The van der Waals surface area contributed by atoms with E-state index in [1.807, 2.05) is 30.3 Å². The van der Waals surface area contributed by atoms with E-state index >= 15 is 0 Å². The van der Waals surface area contributed by atoms with E-state index in [0.717, 1.165) is 18.7 Å². The maximum absolute atomic E-state index is 8.54. The number of methoxy groups -OCH3 is 1. The Balaban J connectivity index is 0.000000359. The first-order chi connectivity index (χ1) is 9.10. The van der Waals surface area contributed by atoms with Gasteiger partial charge in [-0.25, -0.2) is 0 Å². The number of benzene rings is 1. The average Bonchev–Trinajstić information content (AvgIpc) is 2.49. The number of rotatable bonds is 3. The third kappa shape index (κ3) is 7.28. The van der Waals surface area contributed by atoms with Crippen molar-refractivity contribution in [2.75, 3.05) is 20.2 Å². The zero-order chi connectivity index (χ0) is 14.1. The zero-order valence-corrected chi connectivity index (χ0v) is 15.7. The Bertz CT molecular complexity index is 338. The molecule has 111 valence electrons. The molecule has 0 atom stereocenters. The van der Waals surface area contributed by atoms with Crippen molar-refractivity contribution in [2.45, 2.75) is 38.9 Å². The van der Waals surface area contributed by atoms with Gasteiger partial charge < -0.3 is 15.2 Å². The van der Waals surface area contributed by atoms with Gasteiger partial charge in [0.15, 0.2) is 0 Å². The molecule has 1 aromatic carbocycles. The quantitative estimate of drug-likeness (QED) is 0.906. The first kappa shape index (κ1) is 20.2. The van der Waals surface area contributed by atoms with Crippen LogP contribution < -0.4 is 0 Å². The van der Waals surface area contributed by atoms with Crippen molar-refractivity contribution in [3.8, 4) is 0 Å². The van der Waals surface area contributed by atoms with E-state index in [1.54, 1.807) is 7.11 Å². The van der Waals surface area contributed by atoms with Crippen molar-refractivity contribution in [3.05, 3.63) is 41.2 Å². The third-order valence-electron chi connectivity index (χ3n) is 3.81. The zero-order valence-electron chi connectivity index (χ0n) is 12.9. The van der Waals surface area contributed by atoms with Crippen molar-refractivity contribution < 1.29 is 42.6 Å². The molecule has 0 saturated carbocycles. The average molecular weight is 353 g/mol. The molecular weight excluding hydrogens is 327 g/mol. The first-order valence-corrected chi connectivity index (χ1v) is 6.93. The molecule has 0 bridgehead atoms. The summed E-state index contributed by atoms with van der Waals surface area (Å²) in [6.45, 7) is 6.53. The maximum Gasteiger partial charge on any atom is 0.0681 e. The van der Waals surface area contributed by atoms with Gasteiger partial charge in [0.05, 0.1) is 12.2 Å². The van der Waals surface area contributed by atoms with E-state index in [4.69, 9.17) is 9.84 Å². The number of hydrogen-bond donors (Lipinski definition) is 1. The van der Waals surface area contributed by atoms with Gasteiger partial charge in [0.25, 0.3) is 0 Å². The van der Waals surface area contributed by atoms with Crippen molar-refractivity contribution in [1.82, 2.24) is 0 Å². The molecule has 3 nitrogen and oxygen atoms in total. The summed E-state index contributed by atoms with van der Waals surface area (Å²) in [6, 6.07) is 9.52. The molecule has 1 heterocycles. The number of nitrogens with zero attached hydrogens (tertiary/aromatic N) is 1. The topological polar surface area (TPSA) is 43.6 Å². The van der Waals surface area contributed by atoms with Gasteiger partial charge in [-0.05, 0) is 25.3 Å². The van der Waals surface area contributed by atoms with Crippen LogP contribution in [0.3, 0.4) is 0 Å². The summed E-state index contributed by atoms with van der Waals surface area (Å²) in [7, 11) is 1.80. The van der Waals surface area contributed by atoms with Crippen LogP contribution in [-0.2, 0) is 44.1 Å². The fourth-order valence-electron chi connectivity index (χ4n) is 2.20. The molecule has 4 heteroatoms. The molecule has 0 aliphatic carbocycles. The normalized spacial score (nSPS) is 15.8. The van der Waals surface area contributed by atoms with E-state index in [0.29, 0.717) is 5.92 Å². The molecule has 1 aliphatic rings. The van der Waals surface area contributed by atoms with Crippen LogP contribution in [0.25, 0.3) is 5.32 Å². The molecule has 0 amide bonds. The largest absolute Gasteiger partial charge is 0.662 e. The summed E-state index contributed by atoms with van der Waals surface area (Å²) in [5, 5.41) is 12.9. The molecular formula is C16H26NO2Y-. The van der Waals surface area contributed by atoms with Gasteiger partial charge in [-0.3, -0.25) is 0 Å². The van der Waals surface area contributed by atoms with E-state index in [1.165, 1.54) is 12.8 Å². The fraction of sp³-hybridized carbons (Fsp3) is 0.625. The molecule has 1 aromatic rings. The molecule has 1 N–H and O–H groups in total. The van der Waals surface area contributed by atoms with Crippen molar-refractivity contribution >= 4 is 0 Å². The summed E-state index contributed by atoms with van der Waals surface area (Å²) in [5.41, 5.74) is 1.02. The maximum atomic E-state index is 8.54. The number of aliphatic hydroxyl groups is 1. The molecule has 0 unspecified atom stereocenters. The van der Waals surface area contributed by atoms with Crippen LogP contribution in [0.2, 0.25) is 0 Å². The van der Waals surface area contributed by atoms with Crippen LogP contribution in [-0.4, -0.2) is 30.9 Å². The number of hydrogen-bond acceptors (Lipinski definition) is 2. The number of piperidine rings is 1. The second kappa shape index (κ2) is 10.9. The number of ether oxygens (including phenoxy) is 1. The Hall–Kier alpha value is 0.204. The summed E-state index contributed by atoms with van der Waals surface area (Å²) in [5.74, 6) is 0.699. The van der Waals surface area contributed by atoms with Crippen LogP contribution in [0.5, 0.6) is 0 Å². The Morgan fingerprint density at radius 1 is 1.20 bits per heavy atom. The molecule has 0 spiro atoms. The van der Waals surface area contributed by atoms with Crippen LogP contribution in [0, 0.1) is 5.92 Å². The van der Waals surface area contributed by atoms with Gasteiger partial charge in [0.2, 0.25) is 0 Å². The Morgan fingerprint density at radius 2 is 1.75 bits per heavy atom. The fourth-order valence-corrected chi connectivity index (χ4v) is 2.20. The summed E-state index contributed by atoms with van der Waals surface area (Å²) in [4.78, 5) is 0. The Kier molecular flexibility index (Phi) is 11.0. The molecule has 20 heavy (non-hydrogen) atoms. The monoisotopic (exact) mass is 353 g/mol. The minimum atomic E-state index is 0. The predicted molar refractivity (Wildman–Crippen MR) is 79.3 cm³/mol. The number of aliphatic hydroxyl groups excluding tert-OH is 1. The van der Waals surface area contributed by atoms with E-state index in [9.17, 15) is 0 Å². The second-order valence-electron chi connectivity index (χ2n) is 5.40. The van der Waals surface area contributed by atoms with E-state index in [-0.39, 0.29) is 44.9 Å². The van der Waals surface area contributed by atoms with Crippen molar-refractivity contribution in [1.29, 1.82) is 0 Å². The molecule has 1 radical (unpaired) electrons. The van der Waals surface area contributed by atoms with Crippen LogP contribution in [0.1, 0.15) is 32.3 Å². The van der Waals surface area contributed by atoms with Gasteiger partial charge in [-0.15, -0.1) is 13.1 Å². The van der Waals surface area contributed by atoms with Crippen LogP contribution in [0.4, 0.5) is 0 Å². The second-order valence-corrected chi connectivity index (χ2v) is 5.40. The van der Waals surface area contributed by atoms with Gasteiger partial charge in [-0.1, -0.05) is 43.2 Å². The molecule has 1 saturated heterocycles. The van der Waals surface area contributed by atoms with Gasteiger partial charge >= 0.3 is 0 Å². The Morgan fingerprint density at radius 3 is 2.15 bits per heavy atom. The van der Waals surface area contributed by atoms with Gasteiger partial charge in [0.1, 0.15) is 0 Å². The van der Waals surface area contributed by atoms with Gasteiger partial charge in [0, 0.05) is 39.8 Å². The molecule has 1 aliphatic heterocycles. The molecule has 0 aromatic heterocycles. The van der Waals surface area contributed by atoms with Crippen LogP contribution >= 0.6 is 0 Å². The van der Waals surface area contributed by atoms with E-state index < -0.39 is 0 Å². The predicted octanol–water partition coefficient (Wildman–Crippen LogP) is 3.37. The minimum absolute atomic E-state index is 0. The summed E-state index contributed by atoms with van der Waals surface area (Å²) >= 11 is 0. The SMILES string of the molecule is COC(C)(C)C1CC[N-]CC1.OCc1ccccc1.[Y]. The Labute approximate surface area is 148 Å². The molecule has 1 fully saturated rings. The summed E-state index contributed by atoms with van der Waals surface area (Å²) < 4.78 is 5.44. The van der Waals surface area contributed by atoms with Gasteiger partial charge in [-0.2, -0.15) is 0 Å². The first-order valence-electron chi connectivity index (χ1n) is 6.93. The van der Waals surface area contributed by atoms with Crippen molar-refractivity contribution in [3.63, 3.8) is 0 Å².